The van der Waals surface area contributed by atoms with Crippen LogP contribution in [0.5, 0.6) is 0 Å². The van der Waals surface area contributed by atoms with Gasteiger partial charge in [-0.2, -0.15) is 16.8 Å². The van der Waals surface area contributed by atoms with Crippen LogP contribution in [0.1, 0.15) is 11.1 Å². The smallest absolute Gasteiger partial charge is 0.193 e. The van der Waals surface area contributed by atoms with Crippen molar-refractivity contribution in [3.63, 3.8) is 0 Å². The summed E-state index contributed by atoms with van der Waals surface area (Å²) in [6, 6.07) is 11.5. The van der Waals surface area contributed by atoms with Gasteiger partial charge in [0.1, 0.15) is 0 Å². The average Bonchev–Trinajstić information content (AvgIpc) is 2.38. The van der Waals surface area contributed by atoms with Crippen molar-refractivity contribution >= 4 is 47.5 Å². The van der Waals surface area contributed by atoms with Crippen molar-refractivity contribution in [2.75, 3.05) is 0 Å². The fourth-order valence-electron chi connectivity index (χ4n) is 1.61. The molecule has 0 saturated carbocycles. The topological polar surface area (TPSA) is 77.5 Å². The van der Waals surface area contributed by atoms with Gasteiger partial charge in [0, 0.05) is 27.3 Å². The van der Waals surface area contributed by atoms with Crippen LogP contribution in [-0.2, 0) is 23.9 Å². The van der Waals surface area contributed by atoms with E-state index in [9.17, 15) is 16.8 Å². The van der Waals surface area contributed by atoms with Gasteiger partial charge >= 0.3 is 20.2 Å². The first-order chi connectivity index (χ1) is 9.71. The monoisotopic (exact) mass is 534 g/mol. The van der Waals surface area contributed by atoms with Gasteiger partial charge in [-0.25, -0.2) is 0 Å². The Hall–Kier alpha value is -0.778. The molecule has 116 valence electrons. The van der Waals surface area contributed by atoms with E-state index in [1.807, 2.05) is 0 Å². The van der Waals surface area contributed by atoms with Gasteiger partial charge in [0.2, 0.25) is 0 Å². The fourth-order valence-corrected chi connectivity index (χ4v) is 4.12. The summed E-state index contributed by atoms with van der Waals surface area (Å²) in [6.45, 7) is 3.58. The second kappa shape index (κ2) is 7.20. The van der Waals surface area contributed by atoms with Gasteiger partial charge in [0.15, 0.2) is 0 Å². The molecular formula is C14H14O5PbS2. The maximum atomic E-state index is 12.0. The third-order valence-corrected chi connectivity index (χ3v) is 5.93. The summed E-state index contributed by atoms with van der Waals surface area (Å²) >= 11 is 0. The molecule has 2 aromatic carbocycles. The zero-order valence-electron chi connectivity index (χ0n) is 12.0. The summed E-state index contributed by atoms with van der Waals surface area (Å²) in [4.78, 5) is -0.410. The van der Waals surface area contributed by atoms with Crippen molar-refractivity contribution in [1.29, 1.82) is 0 Å². The fraction of sp³-hybridized carbons (Fsp3) is 0.143. The second-order valence-electron chi connectivity index (χ2n) is 4.60. The van der Waals surface area contributed by atoms with Gasteiger partial charge in [-0.05, 0) is 38.1 Å². The van der Waals surface area contributed by atoms with Crippen LogP contribution in [-0.4, -0.2) is 44.1 Å². The maximum Gasteiger partial charge on any atom is 0.311 e. The first-order valence-corrected chi connectivity index (χ1v) is 8.87. The Balaban J connectivity index is 0.00000242. The quantitative estimate of drug-likeness (QED) is 0.563. The average molecular weight is 534 g/mol. The van der Waals surface area contributed by atoms with E-state index in [4.69, 9.17) is 0 Å². The first-order valence-electron chi connectivity index (χ1n) is 6.05. The van der Waals surface area contributed by atoms with Gasteiger partial charge in [-0.3, -0.25) is 0 Å². The second-order valence-corrected chi connectivity index (χ2v) is 7.91. The standard InChI is InChI=1S/C14H14O5S2.Pb/c1-11-3-7-13(8-4-11)20(15,16)19-21(17,18)14-9-5-12(2)6-10-14;/h3-10H,1-2H3;. The van der Waals surface area contributed by atoms with Crippen LogP contribution in [0.4, 0.5) is 0 Å². The van der Waals surface area contributed by atoms with Crippen LogP contribution in [0, 0.1) is 13.8 Å². The molecule has 0 fully saturated rings. The predicted molar refractivity (Wildman–Crippen MR) is 83.6 cm³/mol. The molecule has 5 nitrogen and oxygen atoms in total. The number of aryl methyl sites for hydroxylation is 2. The van der Waals surface area contributed by atoms with E-state index in [0.29, 0.717) is 0 Å². The van der Waals surface area contributed by atoms with E-state index in [2.05, 4.69) is 3.63 Å². The Morgan fingerprint density at radius 2 is 0.909 bits per heavy atom. The van der Waals surface area contributed by atoms with E-state index >= 15 is 0 Å². The SMILES string of the molecule is Cc1ccc(S(=O)(=O)OS(=O)(=O)c2ccc(C)cc2)cc1.[Pb]. The predicted octanol–water partition coefficient (Wildman–Crippen LogP) is 2.02. The van der Waals surface area contributed by atoms with E-state index in [1.54, 1.807) is 38.1 Å². The van der Waals surface area contributed by atoms with Crippen LogP contribution < -0.4 is 0 Å². The molecule has 0 unspecified atom stereocenters. The van der Waals surface area contributed by atoms with Crippen LogP contribution in [0.2, 0.25) is 0 Å². The van der Waals surface area contributed by atoms with Crippen molar-refractivity contribution in [1.82, 2.24) is 0 Å². The molecule has 0 N–H and O–H groups in total. The largest absolute Gasteiger partial charge is 0.311 e. The Morgan fingerprint density at radius 1 is 0.636 bits per heavy atom. The molecule has 0 aromatic heterocycles. The number of benzene rings is 2. The van der Waals surface area contributed by atoms with E-state index in [0.717, 1.165) is 11.1 Å². The number of hydrogen-bond acceptors (Lipinski definition) is 5. The zero-order chi connectivity index (χ0) is 15.7. The van der Waals surface area contributed by atoms with Gasteiger partial charge < -0.3 is 0 Å². The van der Waals surface area contributed by atoms with E-state index < -0.39 is 20.2 Å². The molecule has 2 aromatic rings. The molecule has 0 spiro atoms. The first kappa shape index (κ1) is 19.3. The van der Waals surface area contributed by atoms with Gasteiger partial charge in [-0.15, -0.1) is 3.63 Å². The minimum absolute atomic E-state index is 0. The zero-order valence-corrected chi connectivity index (χ0v) is 17.5. The maximum absolute atomic E-state index is 12.0. The molecule has 4 radical (unpaired) electrons. The van der Waals surface area contributed by atoms with E-state index in [-0.39, 0.29) is 37.1 Å². The normalized spacial score (nSPS) is 11.7. The van der Waals surface area contributed by atoms with Crippen LogP contribution in [0.3, 0.4) is 0 Å². The van der Waals surface area contributed by atoms with Crippen LogP contribution in [0.15, 0.2) is 58.3 Å². The molecule has 2 rings (SSSR count). The number of rotatable bonds is 4. The Bertz CT molecular complexity index is 766. The minimum atomic E-state index is -4.38. The molecule has 0 heterocycles. The van der Waals surface area contributed by atoms with E-state index in [1.165, 1.54) is 24.3 Å². The Morgan fingerprint density at radius 3 is 1.18 bits per heavy atom. The molecule has 0 amide bonds. The molecule has 22 heavy (non-hydrogen) atoms. The van der Waals surface area contributed by atoms with Gasteiger partial charge in [-0.1, -0.05) is 35.4 Å². The molecule has 0 saturated heterocycles. The minimum Gasteiger partial charge on any atom is -0.193 e. The number of hydrogen-bond donors (Lipinski definition) is 0. The van der Waals surface area contributed by atoms with Crippen LogP contribution in [0.25, 0.3) is 0 Å². The molecule has 0 aliphatic heterocycles. The van der Waals surface area contributed by atoms with Crippen molar-refractivity contribution < 1.29 is 20.5 Å². The molecule has 0 atom stereocenters. The van der Waals surface area contributed by atoms with Gasteiger partial charge in [0.25, 0.3) is 0 Å². The summed E-state index contributed by atoms with van der Waals surface area (Å²) in [5.41, 5.74) is 1.71. The Labute approximate surface area is 150 Å². The molecule has 0 aliphatic rings. The third-order valence-electron chi connectivity index (χ3n) is 2.80. The summed E-state index contributed by atoms with van der Waals surface area (Å²) in [5.74, 6) is 0. The third kappa shape index (κ3) is 4.61. The molecule has 0 bridgehead atoms. The summed E-state index contributed by atoms with van der Waals surface area (Å²) in [5, 5.41) is 0. The van der Waals surface area contributed by atoms with Crippen molar-refractivity contribution in [3.05, 3.63) is 59.7 Å². The van der Waals surface area contributed by atoms with Gasteiger partial charge in [0.05, 0.1) is 9.79 Å². The summed E-state index contributed by atoms with van der Waals surface area (Å²) < 4.78 is 52.4. The summed E-state index contributed by atoms with van der Waals surface area (Å²) in [6.07, 6.45) is 0. The summed E-state index contributed by atoms with van der Waals surface area (Å²) in [7, 11) is -8.76. The Kier molecular flexibility index (Phi) is 6.30. The molecule has 0 aliphatic carbocycles. The van der Waals surface area contributed by atoms with Crippen molar-refractivity contribution in [2.24, 2.45) is 0 Å². The van der Waals surface area contributed by atoms with Crippen LogP contribution >= 0.6 is 0 Å². The van der Waals surface area contributed by atoms with Crippen molar-refractivity contribution in [2.45, 2.75) is 23.6 Å². The van der Waals surface area contributed by atoms with Crippen molar-refractivity contribution in [3.8, 4) is 0 Å². The molecular weight excluding hydrogens is 519 g/mol. The molecule has 8 heteroatoms.